The smallest absolute Gasteiger partial charge is 0.213 e. The Morgan fingerprint density at radius 2 is 1.69 bits per heavy atom. The minimum absolute atomic E-state index is 0.222. The van der Waals surface area contributed by atoms with Crippen LogP contribution in [0.4, 0.5) is 4.39 Å². The Morgan fingerprint density at radius 3 is 2.42 bits per heavy atom. The molecule has 0 amide bonds. The van der Waals surface area contributed by atoms with E-state index in [4.69, 9.17) is 0 Å². The third kappa shape index (κ3) is 3.06. The van der Waals surface area contributed by atoms with Gasteiger partial charge in [-0.2, -0.15) is 5.10 Å². The van der Waals surface area contributed by atoms with Crippen LogP contribution in [0.1, 0.15) is 21.6 Å². The summed E-state index contributed by atoms with van der Waals surface area (Å²) in [4.78, 5) is 12.9. The molecule has 5 heteroatoms. The fourth-order valence-electron chi connectivity index (χ4n) is 2.97. The fraction of sp³-hybridized carbons (Fsp3) is 0.0476. The predicted octanol–water partition coefficient (Wildman–Crippen LogP) is 5.22. The van der Waals surface area contributed by atoms with E-state index in [-0.39, 0.29) is 11.6 Å². The van der Waals surface area contributed by atoms with Crippen molar-refractivity contribution >= 4 is 32.6 Å². The number of ketones is 1. The van der Waals surface area contributed by atoms with Gasteiger partial charge in [0.05, 0.1) is 12.1 Å². The maximum absolute atomic E-state index is 13.2. The summed E-state index contributed by atoms with van der Waals surface area (Å²) in [5.41, 5.74) is 2.73. The third-order valence-electron chi connectivity index (χ3n) is 4.22. The summed E-state index contributed by atoms with van der Waals surface area (Å²) in [5.74, 6) is -0.594. The third-order valence-corrected chi connectivity index (χ3v) is 4.86. The molecule has 3 nitrogen and oxygen atoms in total. The second kappa shape index (κ2) is 6.84. The van der Waals surface area contributed by atoms with Crippen molar-refractivity contribution < 1.29 is 9.18 Å². The first-order valence-electron chi connectivity index (χ1n) is 8.13. The number of aromatic nitrogens is 2. The van der Waals surface area contributed by atoms with Gasteiger partial charge in [0.15, 0.2) is 0 Å². The molecule has 0 spiro atoms. The summed E-state index contributed by atoms with van der Waals surface area (Å²) in [6, 6.07) is 21.2. The summed E-state index contributed by atoms with van der Waals surface area (Å²) >= 11 is 3.57. The summed E-state index contributed by atoms with van der Waals surface area (Å²) < 4.78 is 15.9. The highest BCUT2D eigenvalue weighted by atomic mass is 79.9. The Kier molecular flexibility index (Phi) is 4.39. The van der Waals surface area contributed by atoms with E-state index in [2.05, 4.69) is 21.0 Å². The summed E-state index contributed by atoms with van der Waals surface area (Å²) in [7, 11) is 0. The molecule has 0 saturated carbocycles. The van der Waals surface area contributed by atoms with Crippen molar-refractivity contribution in [1.29, 1.82) is 0 Å². The molecule has 3 aromatic carbocycles. The number of hydrogen-bond acceptors (Lipinski definition) is 2. The number of hydrogen-bond donors (Lipinski definition) is 0. The molecule has 1 heterocycles. The van der Waals surface area contributed by atoms with Crippen LogP contribution in [0, 0.1) is 5.82 Å². The molecule has 0 aliphatic heterocycles. The molecule has 0 fully saturated rings. The van der Waals surface area contributed by atoms with Crippen molar-refractivity contribution in [2.24, 2.45) is 0 Å². The topological polar surface area (TPSA) is 34.9 Å². The maximum atomic E-state index is 13.2. The van der Waals surface area contributed by atoms with Crippen LogP contribution < -0.4 is 0 Å². The van der Waals surface area contributed by atoms with E-state index in [1.54, 1.807) is 0 Å². The zero-order chi connectivity index (χ0) is 18.1. The Balaban J connectivity index is 1.84. The van der Waals surface area contributed by atoms with Crippen LogP contribution in [0.25, 0.3) is 10.9 Å². The summed E-state index contributed by atoms with van der Waals surface area (Å²) in [6.45, 7) is 0.552. The molecule has 4 rings (SSSR count). The van der Waals surface area contributed by atoms with Crippen LogP contribution in [0.5, 0.6) is 0 Å². The van der Waals surface area contributed by atoms with Gasteiger partial charge in [0.2, 0.25) is 5.78 Å². The molecule has 0 bridgehead atoms. The summed E-state index contributed by atoms with van der Waals surface area (Å²) in [6.07, 6.45) is 0. The molecular formula is C21H14BrFN2O. The van der Waals surface area contributed by atoms with Gasteiger partial charge in [0.1, 0.15) is 11.5 Å². The van der Waals surface area contributed by atoms with Gasteiger partial charge in [-0.15, -0.1) is 0 Å². The van der Waals surface area contributed by atoms with E-state index < -0.39 is 0 Å². The largest absolute Gasteiger partial charge is 0.287 e. The lowest BCUT2D eigenvalue weighted by Crippen LogP contribution is -2.06. The molecule has 0 radical (unpaired) electrons. The average molecular weight is 409 g/mol. The minimum Gasteiger partial charge on any atom is -0.287 e. The van der Waals surface area contributed by atoms with Crippen molar-refractivity contribution in [2.75, 3.05) is 0 Å². The maximum Gasteiger partial charge on any atom is 0.213 e. The number of rotatable bonds is 4. The van der Waals surface area contributed by atoms with Gasteiger partial charge in [-0.05, 0) is 51.8 Å². The Labute approximate surface area is 158 Å². The van der Waals surface area contributed by atoms with E-state index >= 15 is 0 Å². The van der Waals surface area contributed by atoms with Crippen LogP contribution in [-0.2, 0) is 6.54 Å². The number of fused-ring (bicyclic) bond motifs is 1. The summed E-state index contributed by atoms with van der Waals surface area (Å²) in [5, 5.41) is 5.36. The van der Waals surface area contributed by atoms with Crippen LogP contribution in [-0.4, -0.2) is 15.6 Å². The zero-order valence-electron chi connectivity index (χ0n) is 13.7. The first kappa shape index (κ1) is 16.7. The van der Waals surface area contributed by atoms with Gasteiger partial charge >= 0.3 is 0 Å². The van der Waals surface area contributed by atoms with Crippen LogP contribution in [0.15, 0.2) is 77.3 Å². The Bertz CT molecular complexity index is 1090. The van der Waals surface area contributed by atoms with Crippen molar-refractivity contribution in [1.82, 2.24) is 9.78 Å². The molecular weight excluding hydrogens is 395 g/mol. The standard InChI is InChI=1S/C21H14BrFN2O/c22-18-8-4-7-17-19(21(26)15-9-11-16(23)12-10-15)24-25(20(17)18)13-14-5-2-1-3-6-14/h1-12H,13H2. The Hall–Kier alpha value is -2.79. The minimum atomic E-state index is -0.372. The quantitative estimate of drug-likeness (QED) is 0.434. The monoisotopic (exact) mass is 408 g/mol. The molecule has 0 saturated heterocycles. The number of halogens is 2. The lowest BCUT2D eigenvalue weighted by molar-refractivity contribution is 0.103. The first-order valence-corrected chi connectivity index (χ1v) is 8.92. The SMILES string of the molecule is O=C(c1ccc(F)cc1)c1nn(Cc2ccccc2)c2c(Br)cccc12. The van der Waals surface area contributed by atoms with Gasteiger partial charge < -0.3 is 0 Å². The molecule has 4 aromatic rings. The fourth-order valence-corrected chi connectivity index (χ4v) is 3.54. The van der Waals surface area contributed by atoms with Gasteiger partial charge in [-0.25, -0.2) is 4.39 Å². The molecule has 26 heavy (non-hydrogen) atoms. The highest BCUT2D eigenvalue weighted by molar-refractivity contribution is 9.10. The van der Waals surface area contributed by atoms with Crippen LogP contribution >= 0.6 is 15.9 Å². The molecule has 0 N–H and O–H groups in total. The zero-order valence-corrected chi connectivity index (χ0v) is 15.3. The van der Waals surface area contributed by atoms with Crippen molar-refractivity contribution in [3.63, 3.8) is 0 Å². The van der Waals surface area contributed by atoms with Crippen molar-refractivity contribution in [3.8, 4) is 0 Å². The second-order valence-corrected chi connectivity index (χ2v) is 6.82. The molecule has 1 aromatic heterocycles. The molecule has 0 aliphatic rings. The first-order chi connectivity index (χ1) is 12.6. The molecule has 128 valence electrons. The van der Waals surface area contributed by atoms with E-state index in [1.165, 1.54) is 24.3 Å². The average Bonchev–Trinajstić information content (AvgIpc) is 3.02. The van der Waals surface area contributed by atoms with Crippen LogP contribution in [0.3, 0.4) is 0 Å². The highest BCUT2D eigenvalue weighted by Crippen LogP contribution is 2.28. The van der Waals surface area contributed by atoms with E-state index in [0.29, 0.717) is 17.8 Å². The molecule has 0 aliphatic carbocycles. The molecule has 0 atom stereocenters. The van der Waals surface area contributed by atoms with Gasteiger partial charge in [0, 0.05) is 15.4 Å². The van der Waals surface area contributed by atoms with E-state index in [1.807, 2.05) is 53.2 Å². The van der Waals surface area contributed by atoms with Gasteiger partial charge in [-0.3, -0.25) is 9.48 Å². The number of benzene rings is 3. The normalized spacial score (nSPS) is 11.0. The second-order valence-electron chi connectivity index (χ2n) is 5.96. The lowest BCUT2D eigenvalue weighted by atomic mass is 10.1. The predicted molar refractivity (Wildman–Crippen MR) is 103 cm³/mol. The van der Waals surface area contributed by atoms with Crippen LogP contribution in [0.2, 0.25) is 0 Å². The van der Waals surface area contributed by atoms with E-state index in [9.17, 15) is 9.18 Å². The van der Waals surface area contributed by atoms with Gasteiger partial charge in [0.25, 0.3) is 0 Å². The number of carbonyl (C=O) groups excluding carboxylic acids is 1. The van der Waals surface area contributed by atoms with Crippen molar-refractivity contribution in [2.45, 2.75) is 6.54 Å². The van der Waals surface area contributed by atoms with E-state index in [0.717, 1.165) is 20.9 Å². The molecule has 0 unspecified atom stereocenters. The van der Waals surface area contributed by atoms with Gasteiger partial charge in [-0.1, -0.05) is 42.5 Å². The number of nitrogens with zero attached hydrogens (tertiary/aromatic N) is 2. The number of para-hydroxylation sites is 1. The Morgan fingerprint density at radius 1 is 0.962 bits per heavy atom. The number of carbonyl (C=O) groups is 1. The highest BCUT2D eigenvalue weighted by Gasteiger charge is 2.20. The van der Waals surface area contributed by atoms with Crippen molar-refractivity contribution in [3.05, 3.63) is 99.9 Å². The lowest BCUT2D eigenvalue weighted by Gasteiger charge is -2.04.